The van der Waals surface area contributed by atoms with Crippen molar-refractivity contribution in [2.24, 2.45) is 0 Å². The molecule has 2 aromatic carbocycles. The summed E-state index contributed by atoms with van der Waals surface area (Å²) in [6.45, 7) is 0. The number of carbonyl (C=O) groups excluding carboxylic acids is 1. The van der Waals surface area contributed by atoms with E-state index in [9.17, 15) is 18.0 Å². The highest BCUT2D eigenvalue weighted by Crippen LogP contribution is 2.41. The fraction of sp³-hybridized carbons (Fsp3) is 0.0625. The third kappa shape index (κ3) is 2.62. The molecule has 22 heavy (non-hydrogen) atoms. The van der Waals surface area contributed by atoms with Crippen molar-refractivity contribution >= 4 is 38.8 Å². The van der Waals surface area contributed by atoms with Crippen molar-refractivity contribution in [2.45, 2.75) is 6.18 Å². The fourth-order valence-corrected chi connectivity index (χ4v) is 3.64. The van der Waals surface area contributed by atoms with E-state index in [0.717, 1.165) is 11.3 Å². The predicted molar refractivity (Wildman–Crippen MR) is 82.7 cm³/mol. The number of Topliss-reactive ketones (excluding diaryl/α,β-unsaturated/α-hetero) is 1. The number of thiophene rings is 1. The van der Waals surface area contributed by atoms with Gasteiger partial charge in [0.1, 0.15) is 0 Å². The summed E-state index contributed by atoms with van der Waals surface area (Å²) in [7, 11) is 0. The molecule has 3 aromatic rings. The van der Waals surface area contributed by atoms with Crippen LogP contribution in [0.2, 0.25) is 5.02 Å². The number of alkyl halides is 3. The Kier molecular flexibility index (Phi) is 3.70. The van der Waals surface area contributed by atoms with E-state index in [4.69, 9.17) is 11.6 Å². The number of ketones is 1. The summed E-state index contributed by atoms with van der Waals surface area (Å²) >= 11 is 6.78. The number of halogens is 4. The van der Waals surface area contributed by atoms with Crippen LogP contribution in [0.15, 0.2) is 48.5 Å². The van der Waals surface area contributed by atoms with Gasteiger partial charge in [-0.3, -0.25) is 4.79 Å². The summed E-state index contributed by atoms with van der Waals surface area (Å²) in [4.78, 5) is 11.5. The SMILES string of the molecule is O=C(c1sc2ccccc2c1-c1cccc(Cl)c1)C(F)(F)F. The summed E-state index contributed by atoms with van der Waals surface area (Å²) in [6, 6.07) is 13.3. The zero-order valence-electron chi connectivity index (χ0n) is 10.9. The van der Waals surface area contributed by atoms with Crippen LogP contribution in [-0.2, 0) is 0 Å². The van der Waals surface area contributed by atoms with Gasteiger partial charge >= 0.3 is 6.18 Å². The van der Waals surface area contributed by atoms with Crippen LogP contribution in [0.1, 0.15) is 9.67 Å². The quantitative estimate of drug-likeness (QED) is 0.525. The number of carbonyl (C=O) groups is 1. The molecule has 0 bridgehead atoms. The maximum atomic E-state index is 12.9. The van der Waals surface area contributed by atoms with Gasteiger partial charge in [0.05, 0.1) is 4.88 Å². The summed E-state index contributed by atoms with van der Waals surface area (Å²) in [5, 5.41) is 1.01. The minimum Gasteiger partial charge on any atom is -0.283 e. The van der Waals surface area contributed by atoms with Gasteiger partial charge in [-0.15, -0.1) is 11.3 Å². The van der Waals surface area contributed by atoms with Gasteiger partial charge in [0.15, 0.2) is 0 Å². The van der Waals surface area contributed by atoms with Crippen LogP contribution in [0, 0.1) is 0 Å². The van der Waals surface area contributed by atoms with Crippen molar-refractivity contribution in [3.63, 3.8) is 0 Å². The van der Waals surface area contributed by atoms with E-state index in [-0.39, 0.29) is 10.4 Å². The Bertz CT molecular complexity index is 867. The molecule has 0 fully saturated rings. The predicted octanol–water partition coefficient (Wildman–Crippen LogP) is 5.97. The molecule has 0 saturated heterocycles. The molecule has 0 atom stereocenters. The molecule has 1 aromatic heterocycles. The smallest absolute Gasteiger partial charge is 0.283 e. The van der Waals surface area contributed by atoms with Crippen LogP contribution >= 0.6 is 22.9 Å². The molecule has 0 aliphatic rings. The zero-order chi connectivity index (χ0) is 15.9. The molecule has 0 spiro atoms. The minimum atomic E-state index is -4.91. The second kappa shape index (κ2) is 5.41. The average molecular weight is 341 g/mol. The Morgan fingerprint density at radius 3 is 2.45 bits per heavy atom. The van der Waals surface area contributed by atoms with Gasteiger partial charge in [0.25, 0.3) is 5.78 Å². The van der Waals surface area contributed by atoms with Crippen molar-refractivity contribution in [3.8, 4) is 11.1 Å². The minimum absolute atomic E-state index is 0.283. The average Bonchev–Trinajstić information content (AvgIpc) is 2.84. The second-order valence-corrected chi connectivity index (χ2v) is 6.13. The van der Waals surface area contributed by atoms with Crippen molar-refractivity contribution < 1.29 is 18.0 Å². The monoisotopic (exact) mass is 340 g/mol. The van der Waals surface area contributed by atoms with Crippen LogP contribution in [-0.4, -0.2) is 12.0 Å². The first-order valence-corrected chi connectivity index (χ1v) is 7.46. The molecule has 0 radical (unpaired) electrons. The summed E-state index contributed by atoms with van der Waals surface area (Å²) in [6.07, 6.45) is -4.91. The fourth-order valence-electron chi connectivity index (χ4n) is 2.26. The molecule has 0 saturated carbocycles. The third-order valence-corrected chi connectivity index (χ3v) is 4.58. The van der Waals surface area contributed by atoms with Crippen molar-refractivity contribution in [1.82, 2.24) is 0 Å². The molecule has 3 rings (SSSR count). The number of hydrogen-bond donors (Lipinski definition) is 0. The topological polar surface area (TPSA) is 17.1 Å². The van der Waals surface area contributed by atoms with E-state index < -0.39 is 12.0 Å². The molecule has 0 aliphatic heterocycles. The lowest BCUT2D eigenvalue weighted by molar-refractivity contribution is -0.0882. The largest absolute Gasteiger partial charge is 0.455 e. The van der Waals surface area contributed by atoms with Crippen LogP contribution in [0.3, 0.4) is 0 Å². The van der Waals surface area contributed by atoms with E-state index in [1.54, 1.807) is 48.5 Å². The molecular formula is C16H8ClF3OS. The summed E-state index contributed by atoms with van der Waals surface area (Å²) in [5.41, 5.74) is 0.781. The number of fused-ring (bicyclic) bond motifs is 1. The molecule has 0 aliphatic carbocycles. The highest BCUT2D eigenvalue weighted by Gasteiger charge is 2.42. The first-order chi connectivity index (χ1) is 10.4. The van der Waals surface area contributed by atoms with E-state index >= 15 is 0 Å². The van der Waals surface area contributed by atoms with E-state index in [1.807, 2.05) is 0 Å². The lowest BCUT2D eigenvalue weighted by Gasteiger charge is -2.07. The number of hydrogen-bond acceptors (Lipinski definition) is 2. The molecule has 6 heteroatoms. The Balaban J connectivity index is 2.33. The molecule has 112 valence electrons. The van der Waals surface area contributed by atoms with E-state index in [2.05, 4.69) is 0 Å². The van der Waals surface area contributed by atoms with Gasteiger partial charge in [-0.2, -0.15) is 13.2 Å². The molecule has 1 heterocycles. The van der Waals surface area contributed by atoms with Crippen LogP contribution in [0.25, 0.3) is 21.2 Å². The third-order valence-electron chi connectivity index (χ3n) is 3.17. The number of rotatable bonds is 2. The molecule has 1 nitrogen and oxygen atoms in total. The Morgan fingerprint density at radius 1 is 1.05 bits per heavy atom. The summed E-state index contributed by atoms with van der Waals surface area (Å²) < 4.78 is 39.2. The van der Waals surface area contributed by atoms with Crippen molar-refractivity contribution in [1.29, 1.82) is 0 Å². The lowest BCUT2D eigenvalue weighted by atomic mass is 10.0. The van der Waals surface area contributed by atoms with Gasteiger partial charge in [-0.25, -0.2) is 0 Å². The van der Waals surface area contributed by atoms with Crippen molar-refractivity contribution in [3.05, 3.63) is 58.4 Å². The first-order valence-electron chi connectivity index (χ1n) is 6.27. The maximum Gasteiger partial charge on any atom is 0.455 e. The molecule has 0 amide bonds. The molecule has 0 N–H and O–H groups in total. The molecular weight excluding hydrogens is 333 g/mol. The zero-order valence-corrected chi connectivity index (χ0v) is 12.5. The lowest BCUT2D eigenvalue weighted by Crippen LogP contribution is -2.22. The van der Waals surface area contributed by atoms with Crippen LogP contribution in [0.5, 0.6) is 0 Å². The van der Waals surface area contributed by atoms with E-state index in [0.29, 0.717) is 20.7 Å². The summed E-state index contributed by atoms with van der Waals surface area (Å²) in [5.74, 6) is -1.83. The second-order valence-electron chi connectivity index (χ2n) is 4.64. The Morgan fingerprint density at radius 2 is 1.77 bits per heavy atom. The van der Waals surface area contributed by atoms with Gasteiger partial charge in [0, 0.05) is 20.7 Å². The van der Waals surface area contributed by atoms with Gasteiger partial charge < -0.3 is 0 Å². The maximum absolute atomic E-state index is 12.9. The van der Waals surface area contributed by atoms with Crippen LogP contribution in [0.4, 0.5) is 13.2 Å². The highest BCUT2D eigenvalue weighted by atomic mass is 35.5. The van der Waals surface area contributed by atoms with Gasteiger partial charge in [0.2, 0.25) is 0 Å². The van der Waals surface area contributed by atoms with E-state index in [1.165, 1.54) is 0 Å². The Labute approximate surface area is 133 Å². The standard InChI is InChI=1S/C16H8ClF3OS/c17-10-5-3-4-9(8-10)13-11-6-1-2-7-12(11)22-14(13)15(21)16(18,19)20/h1-8H. The number of benzene rings is 2. The van der Waals surface area contributed by atoms with Gasteiger partial charge in [-0.1, -0.05) is 41.9 Å². The van der Waals surface area contributed by atoms with Crippen molar-refractivity contribution in [2.75, 3.05) is 0 Å². The molecule has 0 unspecified atom stereocenters. The Hall–Kier alpha value is -1.85. The highest BCUT2D eigenvalue weighted by molar-refractivity contribution is 7.21. The van der Waals surface area contributed by atoms with Crippen LogP contribution < -0.4 is 0 Å². The normalized spacial score (nSPS) is 11.8. The van der Waals surface area contributed by atoms with Gasteiger partial charge in [-0.05, 0) is 23.8 Å². The first kappa shape index (κ1) is 15.1.